The van der Waals surface area contributed by atoms with E-state index in [4.69, 9.17) is 18.9 Å². The van der Waals surface area contributed by atoms with Crippen molar-refractivity contribution in [3.63, 3.8) is 0 Å². The highest BCUT2D eigenvalue weighted by molar-refractivity contribution is 6.76. The lowest BCUT2D eigenvalue weighted by molar-refractivity contribution is -0.206. The van der Waals surface area contributed by atoms with Crippen LogP contribution in [-0.4, -0.2) is 86.2 Å². The van der Waals surface area contributed by atoms with Crippen LogP contribution in [0.5, 0.6) is 0 Å². The molecule has 386 valence electrons. The Kier molecular flexibility index (Phi) is 32.3. The molecular formula is C56H94O10Si2. The van der Waals surface area contributed by atoms with Crippen molar-refractivity contribution in [2.24, 2.45) is 0 Å². The summed E-state index contributed by atoms with van der Waals surface area (Å²) in [5.41, 5.74) is 7.18. The van der Waals surface area contributed by atoms with Gasteiger partial charge in [0.05, 0.1) is 36.5 Å². The number of rotatable bonds is 26. The summed E-state index contributed by atoms with van der Waals surface area (Å²) in [4.78, 5) is 25.7. The van der Waals surface area contributed by atoms with Gasteiger partial charge in [-0.15, -0.1) is 11.8 Å². The molecule has 0 amide bonds. The van der Waals surface area contributed by atoms with Crippen molar-refractivity contribution in [1.29, 1.82) is 0 Å². The molecule has 12 heteroatoms. The van der Waals surface area contributed by atoms with Crippen LogP contribution in [0.3, 0.4) is 0 Å². The Morgan fingerprint density at radius 2 is 1.04 bits per heavy atom. The summed E-state index contributed by atoms with van der Waals surface area (Å²) in [7, 11) is -2.52. The van der Waals surface area contributed by atoms with E-state index in [0.717, 1.165) is 103 Å². The van der Waals surface area contributed by atoms with Gasteiger partial charge in [-0.25, -0.2) is 9.59 Å². The van der Waals surface area contributed by atoms with Gasteiger partial charge in [-0.3, -0.25) is 0 Å². The van der Waals surface area contributed by atoms with E-state index >= 15 is 0 Å². The summed E-state index contributed by atoms with van der Waals surface area (Å²) in [6.45, 7) is 33.5. The first-order chi connectivity index (χ1) is 30.6. The second-order valence-corrected chi connectivity index (χ2v) is 32.4. The number of aliphatic hydroxyl groups is 2. The lowest BCUT2D eigenvalue weighted by Gasteiger charge is -2.25. The SMILES string of the molecule is CCC/C=C\C[C@H](CC/C=C/c1cc(C)cc(C)c1C(=O)OCC[Si](C)(C)C)OC(C)(C)O.CCCC#CC[C@H](CC/C=C/c1cc(C)cc(C)c1C(=O)OCC[Si](C)(C)C)OC(C)(C)O.O.O. The van der Waals surface area contributed by atoms with E-state index in [2.05, 4.69) is 89.3 Å². The fraction of sp³-hybridized carbons (Fsp3) is 0.607. The first kappa shape index (κ1) is 66.4. The molecule has 2 rings (SSSR count). The van der Waals surface area contributed by atoms with Crippen molar-refractivity contribution >= 4 is 40.2 Å². The molecule has 10 nitrogen and oxygen atoms in total. The Morgan fingerprint density at radius 1 is 0.618 bits per heavy atom. The smallest absolute Gasteiger partial charge is 0.338 e. The fourth-order valence-corrected chi connectivity index (χ4v) is 8.45. The molecule has 2 aromatic rings. The van der Waals surface area contributed by atoms with E-state index in [0.29, 0.717) is 30.8 Å². The number of ether oxygens (including phenoxy) is 4. The minimum Gasteiger partial charge on any atom is -0.462 e. The molecule has 0 saturated carbocycles. The molecule has 0 bridgehead atoms. The number of aryl methyl sites for hydroxylation is 4. The zero-order valence-corrected chi connectivity index (χ0v) is 47.2. The van der Waals surface area contributed by atoms with Crippen molar-refractivity contribution in [3.05, 3.63) is 93.1 Å². The molecule has 68 heavy (non-hydrogen) atoms. The molecule has 2 aromatic carbocycles. The Morgan fingerprint density at radius 3 is 1.44 bits per heavy atom. The zero-order chi connectivity index (χ0) is 50.1. The second kappa shape index (κ2) is 33.0. The Labute approximate surface area is 415 Å². The van der Waals surface area contributed by atoms with Crippen molar-refractivity contribution in [1.82, 2.24) is 0 Å². The molecular weight excluding hydrogens is 889 g/mol. The highest BCUT2D eigenvalue weighted by atomic mass is 28.3. The molecule has 0 aliphatic rings. The summed E-state index contributed by atoms with van der Waals surface area (Å²) in [6.07, 6.45) is 20.8. The van der Waals surface area contributed by atoms with Gasteiger partial charge in [0.1, 0.15) is 0 Å². The number of carbonyl (C=O) groups is 2. The van der Waals surface area contributed by atoms with Gasteiger partial charge < -0.3 is 40.1 Å². The van der Waals surface area contributed by atoms with Crippen LogP contribution in [0, 0.1) is 39.5 Å². The Bertz CT molecular complexity index is 1930. The summed E-state index contributed by atoms with van der Waals surface area (Å²) < 4.78 is 22.9. The van der Waals surface area contributed by atoms with Gasteiger partial charge in [-0.05, 0) is 135 Å². The molecule has 0 unspecified atom stereocenters. The van der Waals surface area contributed by atoms with Crippen LogP contribution in [0.1, 0.15) is 160 Å². The van der Waals surface area contributed by atoms with Crippen LogP contribution in [0.2, 0.25) is 51.4 Å². The van der Waals surface area contributed by atoms with E-state index in [9.17, 15) is 19.8 Å². The molecule has 0 radical (unpaired) electrons. The van der Waals surface area contributed by atoms with Gasteiger partial charge in [0.25, 0.3) is 0 Å². The molecule has 0 heterocycles. The van der Waals surface area contributed by atoms with Gasteiger partial charge in [0, 0.05) is 29.0 Å². The number of unbranched alkanes of at least 4 members (excludes halogenated alkanes) is 2. The number of allylic oxidation sites excluding steroid dienone is 3. The zero-order valence-electron chi connectivity index (χ0n) is 45.2. The maximum absolute atomic E-state index is 12.9. The van der Waals surface area contributed by atoms with E-state index in [1.165, 1.54) is 0 Å². The highest BCUT2D eigenvalue weighted by Gasteiger charge is 2.22. The van der Waals surface area contributed by atoms with E-state index in [1.807, 2.05) is 64.1 Å². The van der Waals surface area contributed by atoms with Gasteiger partial charge >= 0.3 is 11.9 Å². The van der Waals surface area contributed by atoms with Crippen molar-refractivity contribution in [2.45, 2.75) is 209 Å². The monoisotopic (exact) mass is 983 g/mol. The topological polar surface area (TPSA) is 175 Å². The number of esters is 2. The molecule has 2 atom stereocenters. The minimum atomic E-state index is -1.26. The van der Waals surface area contributed by atoms with Crippen LogP contribution < -0.4 is 0 Å². The third kappa shape index (κ3) is 31.5. The predicted molar refractivity (Wildman–Crippen MR) is 291 cm³/mol. The van der Waals surface area contributed by atoms with Crippen LogP contribution in [-0.2, 0) is 18.9 Å². The normalized spacial score (nSPS) is 13.0. The van der Waals surface area contributed by atoms with Crippen LogP contribution in [0.15, 0.2) is 48.6 Å². The number of hydrogen-bond acceptors (Lipinski definition) is 8. The van der Waals surface area contributed by atoms with Crippen molar-refractivity contribution < 1.29 is 49.7 Å². The van der Waals surface area contributed by atoms with E-state index < -0.39 is 27.7 Å². The molecule has 0 spiro atoms. The number of benzene rings is 2. The van der Waals surface area contributed by atoms with E-state index in [1.54, 1.807) is 27.7 Å². The molecule has 0 aliphatic heterocycles. The maximum atomic E-state index is 12.9. The van der Waals surface area contributed by atoms with E-state index in [-0.39, 0.29) is 35.1 Å². The van der Waals surface area contributed by atoms with Crippen LogP contribution in [0.25, 0.3) is 12.2 Å². The van der Waals surface area contributed by atoms with Crippen LogP contribution >= 0.6 is 0 Å². The summed E-state index contributed by atoms with van der Waals surface area (Å²) in [6, 6.07) is 10.0. The predicted octanol–water partition coefficient (Wildman–Crippen LogP) is 12.7. The van der Waals surface area contributed by atoms with Gasteiger partial charge in [0.15, 0.2) is 11.6 Å². The van der Waals surface area contributed by atoms with Crippen molar-refractivity contribution in [3.8, 4) is 11.8 Å². The molecule has 0 aromatic heterocycles. The molecule has 6 N–H and O–H groups in total. The Hall–Kier alpha value is -3.65. The summed E-state index contributed by atoms with van der Waals surface area (Å²) >= 11 is 0. The first-order valence-corrected chi connectivity index (χ1v) is 31.9. The Balaban J connectivity index is 0. The van der Waals surface area contributed by atoms with Crippen molar-refractivity contribution in [2.75, 3.05) is 13.2 Å². The third-order valence-electron chi connectivity index (χ3n) is 10.3. The quantitative estimate of drug-likeness (QED) is 0.0308. The third-order valence-corrected chi connectivity index (χ3v) is 13.7. The van der Waals surface area contributed by atoms with Gasteiger partial charge in [-0.2, -0.15) is 0 Å². The number of carbonyl (C=O) groups excluding carboxylic acids is 2. The number of hydrogen-bond donors (Lipinski definition) is 2. The minimum absolute atomic E-state index is 0. The molecule has 0 aliphatic carbocycles. The highest BCUT2D eigenvalue weighted by Crippen LogP contribution is 2.24. The average molecular weight is 984 g/mol. The van der Waals surface area contributed by atoms with Crippen LogP contribution in [0.4, 0.5) is 0 Å². The first-order valence-electron chi connectivity index (χ1n) is 24.5. The average Bonchev–Trinajstić information content (AvgIpc) is 3.15. The standard InChI is InChI=1S/C28H46O4Si.C28H44O4Si.2H2O/c2*1-9-10-11-12-16-25(32-28(4,5)30)17-14-13-15-24-21-22(2)20-23(3)26(24)27(29)31-18-19-33(6,7)8;;/h11-13,15,20-21,25,30H,9-10,14,16-19H2,1-8H3;13,15,20-21,25,30H,9-10,14,16-19H2,1-8H3;2*1H2/b12-11-,15-13+;15-13+;;/t2*25-;;/m11../s1. The maximum Gasteiger partial charge on any atom is 0.338 e. The molecule has 0 saturated heterocycles. The summed E-state index contributed by atoms with van der Waals surface area (Å²) in [5.74, 6) is 3.47. The second-order valence-electron chi connectivity index (χ2n) is 21.1. The molecule has 0 fully saturated rings. The van der Waals surface area contributed by atoms with Gasteiger partial charge in [-0.1, -0.05) is 131 Å². The lowest BCUT2D eigenvalue weighted by Crippen LogP contribution is -2.30. The summed E-state index contributed by atoms with van der Waals surface area (Å²) in [5, 5.41) is 20.2. The fourth-order valence-electron chi connectivity index (χ4n) is 7.03. The lowest BCUT2D eigenvalue weighted by atomic mass is 9.98. The van der Waals surface area contributed by atoms with Gasteiger partial charge in [0.2, 0.25) is 0 Å². The largest absolute Gasteiger partial charge is 0.462 e.